The van der Waals surface area contributed by atoms with Gasteiger partial charge in [-0.05, 0) is 35.4 Å². The van der Waals surface area contributed by atoms with Crippen molar-refractivity contribution >= 4 is 0 Å². The van der Waals surface area contributed by atoms with Crippen LogP contribution in [0.25, 0.3) is 0 Å². The first-order chi connectivity index (χ1) is 11.7. The van der Waals surface area contributed by atoms with Crippen molar-refractivity contribution < 1.29 is 27.7 Å². The SMILES string of the molecule is COc1cc(CNCc2ccc(OC(F)F)cc2)cc2c1OCO2. The zero-order valence-electron chi connectivity index (χ0n) is 13.1. The molecular formula is C17H17F2NO4. The molecule has 1 heterocycles. The van der Waals surface area contributed by atoms with E-state index in [9.17, 15) is 8.78 Å². The maximum Gasteiger partial charge on any atom is 0.387 e. The summed E-state index contributed by atoms with van der Waals surface area (Å²) in [6.45, 7) is -1.43. The van der Waals surface area contributed by atoms with Crippen molar-refractivity contribution in [1.82, 2.24) is 5.32 Å². The van der Waals surface area contributed by atoms with Gasteiger partial charge < -0.3 is 24.3 Å². The van der Waals surface area contributed by atoms with E-state index < -0.39 is 6.61 Å². The summed E-state index contributed by atoms with van der Waals surface area (Å²) in [5.74, 6) is 2.07. The molecule has 0 radical (unpaired) electrons. The average molecular weight is 337 g/mol. The van der Waals surface area contributed by atoms with Crippen molar-refractivity contribution in [1.29, 1.82) is 0 Å². The fourth-order valence-corrected chi connectivity index (χ4v) is 2.43. The largest absolute Gasteiger partial charge is 0.493 e. The molecular weight excluding hydrogens is 320 g/mol. The highest BCUT2D eigenvalue weighted by Gasteiger charge is 2.19. The standard InChI is InChI=1S/C17H17F2NO4/c1-21-14-6-12(7-15-16(14)23-10-22-15)9-20-8-11-2-4-13(5-3-11)24-17(18)19/h2-7,17,20H,8-10H2,1H3. The number of halogens is 2. The van der Waals surface area contributed by atoms with E-state index in [0.29, 0.717) is 30.3 Å². The van der Waals surface area contributed by atoms with Gasteiger partial charge in [0.1, 0.15) is 5.75 Å². The highest BCUT2D eigenvalue weighted by molar-refractivity contribution is 5.55. The topological polar surface area (TPSA) is 49.0 Å². The Kier molecular flexibility index (Phi) is 5.00. The van der Waals surface area contributed by atoms with E-state index in [-0.39, 0.29) is 12.5 Å². The fraction of sp³-hybridized carbons (Fsp3) is 0.294. The fourth-order valence-electron chi connectivity index (χ4n) is 2.43. The molecule has 0 bridgehead atoms. The molecule has 24 heavy (non-hydrogen) atoms. The first-order valence-electron chi connectivity index (χ1n) is 7.36. The van der Waals surface area contributed by atoms with E-state index in [4.69, 9.17) is 14.2 Å². The van der Waals surface area contributed by atoms with Gasteiger partial charge >= 0.3 is 6.61 Å². The van der Waals surface area contributed by atoms with Crippen LogP contribution in [0, 0.1) is 0 Å². The normalized spacial score (nSPS) is 12.5. The van der Waals surface area contributed by atoms with Gasteiger partial charge in [-0.2, -0.15) is 8.78 Å². The highest BCUT2D eigenvalue weighted by Crippen LogP contribution is 2.41. The Hall–Kier alpha value is -2.54. The molecule has 128 valence electrons. The van der Waals surface area contributed by atoms with Crippen molar-refractivity contribution in [3.05, 3.63) is 47.5 Å². The number of rotatable bonds is 7. The minimum atomic E-state index is -2.81. The summed E-state index contributed by atoms with van der Waals surface area (Å²) >= 11 is 0. The molecule has 2 aromatic carbocycles. The first kappa shape index (κ1) is 16.3. The average Bonchev–Trinajstić information content (AvgIpc) is 3.04. The minimum absolute atomic E-state index is 0.147. The van der Waals surface area contributed by atoms with Gasteiger partial charge in [-0.1, -0.05) is 12.1 Å². The van der Waals surface area contributed by atoms with Gasteiger partial charge in [0.15, 0.2) is 11.5 Å². The van der Waals surface area contributed by atoms with E-state index in [2.05, 4.69) is 10.1 Å². The lowest BCUT2D eigenvalue weighted by atomic mass is 10.1. The Morgan fingerprint density at radius 1 is 1.08 bits per heavy atom. The van der Waals surface area contributed by atoms with Crippen LogP contribution in [0.4, 0.5) is 8.78 Å². The van der Waals surface area contributed by atoms with E-state index in [1.807, 2.05) is 12.1 Å². The lowest BCUT2D eigenvalue weighted by Crippen LogP contribution is -2.12. The maximum atomic E-state index is 12.1. The van der Waals surface area contributed by atoms with Crippen LogP contribution < -0.4 is 24.3 Å². The molecule has 0 amide bonds. The van der Waals surface area contributed by atoms with E-state index in [0.717, 1.165) is 11.1 Å². The number of nitrogens with one attached hydrogen (secondary N) is 1. The van der Waals surface area contributed by atoms with Crippen molar-refractivity contribution in [2.75, 3.05) is 13.9 Å². The van der Waals surface area contributed by atoms with Crippen LogP contribution in [0.2, 0.25) is 0 Å². The lowest BCUT2D eigenvalue weighted by Gasteiger charge is -2.10. The number of fused-ring (bicyclic) bond motifs is 1. The number of hydrogen-bond donors (Lipinski definition) is 1. The molecule has 1 aliphatic heterocycles. The summed E-state index contributed by atoms with van der Waals surface area (Å²) in [5.41, 5.74) is 1.96. The second-order valence-corrected chi connectivity index (χ2v) is 5.16. The quantitative estimate of drug-likeness (QED) is 0.840. The van der Waals surface area contributed by atoms with Gasteiger partial charge in [-0.25, -0.2) is 0 Å². The van der Waals surface area contributed by atoms with Crippen molar-refractivity contribution in [2.45, 2.75) is 19.7 Å². The van der Waals surface area contributed by atoms with Crippen LogP contribution in [0.15, 0.2) is 36.4 Å². The summed E-state index contributed by atoms with van der Waals surface area (Å²) in [6, 6.07) is 10.3. The van der Waals surface area contributed by atoms with Gasteiger partial charge in [0.2, 0.25) is 12.5 Å². The number of hydrogen-bond acceptors (Lipinski definition) is 5. The smallest absolute Gasteiger partial charge is 0.387 e. The minimum Gasteiger partial charge on any atom is -0.493 e. The Balaban J connectivity index is 1.57. The van der Waals surface area contributed by atoms with Gasteiger partial charge in [0.25, 0.3) is 0 Å². The molecule has 0 fully saturated rings. The van der Waals surface area contributed by atoms with Gasteiger partial charge in [-0.3, -0.25) is 0 Å². The van der Waals surface area contributed by atoms with Crippen molar-refractivity contribution in [2.24, 2.45) is 0 Å². The Labute approximate surface area is 138 Å². The zero-order valence-corrected chi connectivity index (χ0v) is 13.1. The molecule has 3 rings (SSSR count). The highest BCUT2D eigenvalue weighted by atomic mass is 19.3. The lowest BCUT2D eigenvalue weighted by molar-refractivity contribution is -0.0498. The molecule has 0 spiro atoms. The zero-order chi connectivity index (χ0) is 16.9. The maximum absolute atomic E-state index is 12.1. The van der Waals surface area contributed by atoms with E-state index >= 15 is 0 Å². The molecule has 0 saturated carbocycles. The van der Waals surface area contributed by atoms with E-state index in [1.165, 1.54) is 12.1 Å². The van der Waals surface area contributed by atoms with Crippen LogP contribution in [0.3, 0.4) is 0 Å². The van der Waals surface area contributed by atoms with Gasteiger partial charge in [-0.15, -0.1) is 0 Å². The molecule has 0 aromatic heterocycles. The summed E-state index contributed by atoms with van der Waals surface area (Å²) in [5, 5.41) is 3.28. The summed E-state index contributed by atoms with van der Waals surface area (Å²) < 4.78 is 44.6. The molecule has 7 heteroatoms. The Morgan fingerprint density at radius 2 is 1.83 bits per heavy atom. The number of ether oxygens (including phenoxy) is 4. The predicted octanol–water partition coefficient (Wildman–Crippen LogP) is 3.32. The third-order valence-electron chi connectivity index (χ3n) is 3.52. The van der Waals surface area contributed by atoms with Crippen LogP contribution in [-0.4, -0.2) is 20.5 Å². The number of methoxy groups -OCH3 is 1. The molecule has 2 aromatic rings. The summed E-state index contributed by atoms with van der Waals surface area (Å²) in [4.78, 5) is 0. The molecule has 1 N–H and O–H groups in total. The van der Waals surface area contributed by atoms with Crippen LogP contribution in [0.5, 0.6) is 23.0 Å². The molecule has 0 saturated heterocycles. The molecule has 1 aliphatic rings. The van der Waals surface area contributed by atoms with Crippen molar-refractivity contribution in [3.8, 4) is 23.0 Å². The van der Waals surface area contributed by atoms with Crippen LogP contribution in [-0.2, 0) is 13.1 Å². The monoisotopic (exact) mass is 337 g/mol. The van der Waals surface area contributed by atoms with Crippen molar-refractivity contribution in [3.63, 3.8) is 0 Å². The second-order valence-electron chi connectivity index (χ2n) is 5.16. The third-order valence-corrected chi connectivity index (χ3v) is 3.52. The van der Waals surface area contributed by atoms with Gasteiger partial charge in [0, 0.05) is 13.1 Å². The first-order valence-corrected chi connectivity index (χ1v) is 7.36. The molecule has 5 nitrogen and oxygen atoms in total. The van der Waals surface area contributed by atoms with Gasteiger partial charge in [0.05, 0.1) is 7.11 Å². The third kappa shape index (κ3) is 3.86. The van der Waals surface area contributed by atoms with E-state index in [1.54, 1.807) is 19.2 Å². The number of alkyl halides is 2. The summed E-state index contributed by atoms with van der Waals surface area (Å²) in [7, 11) is 1.58. The molecule has 0 aliphatic carbocycles. The Bertz CT molecular complexity index is 692. The summed E-state index contributed by atoms with van der Waals surface area (Å²) in [6.07, 6.45) is 0. The second kappa shape index (κ2) is 7.35. The van der Waals surface area contributed by atoms with Crippen LogP contribution >= 0.6 is 0 Å². The molecule has 0 unspecified atom stereocenters. The number of benzene rings is 2. The predicted molar refractivity (Wildman–Crippen MR) is 82.7 cm³/mol. The van der Waals surface area contributed by atoms with Crippen LogP contribution in [0.1, 0.15) is 11.1 Å². The Morgan fingerprint density at radius 3 is 2.54 bits per heavy atom. The molecule has 0 atom stereocenters.